The highest BCUT2D eigenvalue weighted by atomic mass is 15.1. The number of nitrogens with one attached hydrogen (secondary N) is 1. The molecule has 3 nitrogen and oxygen atoms in total. The molecule has 0 aliphatic rings. The molecule has 1 aromatic rings. The zero-order chi connectivity index (χ0) is 5.82. The lowest BCUT2D eigenvalue weighted by molar-refractivity contribution is 1.08. The summed E-state index contributed by atoms with van der Waals surface area (Å²) in [6.07, 6.45) is 3.38. The fraction of sp³-hybridized carbons (Fsp3) is 0.200. The summed E-state index contributed by atoms with van der Waals surface area (Å²) in [6, 6.07) is 1.81. The van der Waals surface area contributed by atoms with E-state index >= 15 is 0 Å². The molecule has 0 saturated heterocycles. The van der Waals surface area contributed by atoms with Crippen molar-refractivity contribution in [3.63, 3.8) is 0 Å². The summed E-state index contributed by atoms with van der Waals surface area (Å²) in [7, 11) is 0. The fourth-order valence-corrected chi connectivity index (χ4v) is 0.460. The number of nitrogens with zero attached hydrogens (tertiary/aromatic N) is 2. The van der Waals surface area contributed by atoms with Gasteiger partial charge >= 0.3 is 0 Å². The van der Waals surface area contributed by atoms with E-state index in [1.807, 2.05) is 6.92 Å². The maximum atomic E-state index is 3.92. The third-order valence-electron chi connectivity index (χ3n) is 0.754. The number of hydrogen-bond donors (Lipinski definition) is 1. The SMILES string of the molecule is CC=Nc1ccn[nH]1. The van der Waals surface area contributed by atoms with E-state index in [9.17, 15) is 0 Å². The Labute approximate surface area is 47.5 Å². The predicted octanol–water partition coefficient (Wildman–Crippen LogP) is 1.13. The number of aromatic amines is 1. The van der Waals surface area contributed by atoms with Gasteiger partial charge in [-0.2, -0.15) is 5.10 Å². The highest BCUT2D eigenvalue weighted by Crippen LogP contribution is 2.00. The first-order valence-electron chi connectivity index (χ1n) is 2.41. The molecule has 8 heavy (non-hydrogen) atoms. The Balaban J connectivity index is 2.77. The summed E-state index contributed by atoms with van der Waals surface area (Å²) in [5, 5.41) is 6.39. The lowest BCUT2D eigenvalue weighted by Crippen LogP contribution is -1.63. The van der Waals surface area contributed by atoms with E-state index in [0.717, 1.165) is 5.82 Å². The van der Waals surface area contributed by atoms with Gasteiger partial charge in [0, 0.05) is 12.3 Å². The molecule has 1 heterocycles. The van der Waals surface area contributed by atoms with Gasteiger partial charge in [-0.1, -0.05) is 0 Å². The Morgan fingerprint density at radius 1 is 1.88 bits per heavy atom. The van der Waals surface area contributed by atoms with Gasteiger partial charge in [-0.15, -0.1) is 0 Å². The van der Waals surface area contributed by atoms with Crippen molar-refractivity contribution in [3.05, 3.63) is 12.3 Å². The largest absolute Gasteiger partial charge is 0.261 e. The van der Waals surface area contributed by atoms with Crippen molar-refractivity contribution in [3.8, 4) is 0 Å². The molecule has 1 rings (SSSR count). The summed E-state index contributed by atoms with van der Waals surface area (Å²) in [6.45, 7) is 1.86. The molecule has 0 saturated carbocycles. The minimum Gasteiger partial charge on any atom is -0.261 e. The maximum Gasteiger partial charge on any atom is 0.147 e. The zero-order valence-electron chi connectivity index (χ0n) is 4.63. The van der Waals surface area contributed by atoms with Crippen LogP contribution in [0.5, 0.6) is 0 Å². The molecule has 0 spiro atoms. The van der Waals surface area contributed by atoms with Crippen LogP contribution in [0.1, 0.15) is 6.92 Å². The van der Waals surface area contributed by atoms with Crippen molar-refractivity contribution in [2.45, 2.75) is 6.92 Å². The van der Waals surface area contributed by atoms with Crippen LogP contribution in [0, 0.1) is 0 Å². The van der Waals surface area contributed by atoms with Crippen molar-refractivity contribution in [2.24, 2.45) is 4.99 Å². The van der Waals surface area contributed by atoms with Gasteiger partial charge in [-0.25, -0.2) is 4.99 Å². The van der Waals surface area contributed by atoms with Gasteiger partial charge in [0.15, 0.2) is 0 Å². The van der Waals surface area contributed by atoms with Crippen LogP contribution >= 0.6 is 0 Å². The van der Waals surface area contributed by atoms with E-state index in [2.05, 4.69) is 15.2 Å². The van der Waals surface area contributed by atoms with E-state index in [-0.39, 0.29) is 0 Å². The monoisotopic (exact) mass is 109 g/mol. The molecule has 3 heteroatoms. The molecule has 0 aliphatic heterocycles. The molecule has 0 unspecified atom stereocenters. The molecular formula is C5H7N3. The van der Waals surface area contributed by atoms with E-state index in [1.165, 1.54) is 0 Å². The molecular weight excluding hydrogens is 102 g/mol. The Morgan fingerprint density at radius 3 is 3.25 bits per heavy atom. The van der Waals surface area contributed by atoms with Crippen LogP contribution in [0.2, 0.25) is 0 Å². The number of hydrogen-bond acceptors (Lipinski definition) is 2. The smallest absolute Gasteiger partial charge is 0.147 e. The topological polar surface area (TPSA) is 41.0 Å². The molecule has 0 amide bonds. The van der Waals surface area contributed by atoms with Crippen LogP contribution in [0.25, 0.3) is 0 Å². The minimum atomic E-state index is 0.799. The van der Waals surface area contributed by atoms with Gasteiger partial charge in [0.2, 0.25) is 0 Å². The standard InChI is InChI=1S/C5H7N3/c1-2-6-5-3-4-7-8-5/h2-4H,1H3,(H,7,8). The highest BCUT2D eigenvalue weighted by Gasteiger charge is 1.80. The summed E-state index contributed by atoms with van der Waals surface area (Å²) < 4.78 is 0. The van der Waals surface area contributed by atoms with Crippen LogP contribution in [0.4, 0.5) is 5.82 Å². The molecule has 42 valence electrons. The van der Waals surface area contributed by atoms with E-state index < -0.39 is 0 Å². The average Bonchev–Trinajstić information content (AvgIpc) is 2.19. The summed E-state index contributed by atoms with van der Waals surface area (Å²) >= 11 is 0. The van der Waals surface area contributed by atoms with Crippen molar-refractivity contribution < 1.29 is 0 Å². The van der Waals surface area contributed by atoms with Gasteiger partial charge in [0.1, 0.15) is 5.82 Å². The first kappa shape index (κ1) is 5.03. The first-order valence-corrected chi connectivity index (χ1v) is 2.41. The second-order valence-electron chi connectivity index (χ2n) is 1.33. The van der Waals surface area contributed by atoms with Gasteiger partial charge in [-0.05, 0) is 6.92 Å². The van der Waals surface area contributed by atoms with Crippen molar-refractivity contribution >= 4 is 12.0 Å². The van der Waals surface area contributed by atoms with E-state index in [1.54, 1.807) is 18.5 Å². The minimum absolute atomic E-state index is 0.799. The quantitative estimate of drug-likeness (QED) is 0.539. The van der Waals surface area contributed by atoms with E-state index in [0.29, 0.717) is 0 Å². The third kappa shape index (κ3) is 0.932. The summed E-state index contributed by atoms with van der Waals surface area (Å²) in [4.78, 5) is 3.92. The molecule has 1 N–H and O–H groups in total. The molecule has 0 aliphatic carbocycles. The number of aliphatic imine (C=N–C) groups is 1. The molecule has 0 fully saturated rings. The molecule has 0 radical (unpaired) electrons. The Hall–Kier alpha value is -1.12. The van der Waals surface area contributed by atoms with E-state index in [4.69, 9.17) is 0 Å². The van der Waals surface area contributed by atoms with Gasteiger partial charge in [0.25, 0.3) is 0 Å². The molecule has 0 aromatic carbocycles. The van der Waals surface area contributed by atoms with Gasteiger partial charge in [-0.3, -0.25) is 5.10 Å². The van der Waals surface area contributed by atoms with Crippen molar-refractivity contribution in [1.82, 2.24) is 10.2 Å². The van der Waals surface area contributed by atoms with Crippen LogP contribution < -0.4 is 0 Å². The Bertz CT molecular complexity index is 164. The van der Waals surface area contributed by atoms with Gasteiger partial charge < -0.3 is 0 Å². The van der Waals surface area contributed by atoms with Crippen LogP contribution in [0.3, 0.4) is 0 Å². The van der Waals surface area contributed by atoms with Gasteiger partial charge in [0.05, 0.1) is 6.20 Å². The molecule has 0 bridgehead atoms. The van der Waals surface area contributed by atoms with Crippen LogP contribution in [0.15, 0.2) is 17.3 Å². The average molecular weight is 109 g/mol. The summed E-state index contributed by atoms with van der Waals surface area (Å²) in [5.74, 6) is 0.799. The lowest BCUT2D eigenvalue weighted by atomic mass is 10.6. The molecule has 1 aromatic heterocycles. The molecule has 0 atom stereocenters. The third-order valence-corrected chi connectivity index (χ3v) is 0.754. The highest BCUT2D eigenvalue weighted by molar-refractivity contribution is 5.58. The maximum absolute atomic E-state index is 3.92. The van der Waals surface area contributed by atoms with Crippen molar-refractivity contribution in [1.29, 1.82) is 0 Å². The zero-order valence-corrected chi connectivity index (χ0v) is 4.63. The normalized spacial score (nSPS) is 10.6. The number of aromatic nitrogens is 2. The lowest BCUT2D eigenvalue weighted by Gasteiger charge is -1.76. The number of H-pyrrole nitrogens is 1. The predicted molar refractivity (Wildman–Crippen MR) is 32.4 cm³/mol. The summed E-state index contributed by atoms with van der Waals surface area (Å²) in [5.41, 5.74) is 0. The second kappa shape index (κ2) is 2.26. The van der Waals surface area contributed by atoms with Crippen molar-refractivity contribution in [2.75, 3.05) is 0 Å². The Morgan fingerprint density at radius 2 is 2.75 bits per heavy atom. The fourth-order valence-electron chi connectivity index (χ4n) is 0.460. The Kier molecular flexibility index (Phi) is 1.42. The van der Waals surface area contributed by atoms with Crippen LogP contribution in [-0.2, 0) is 0 Å². The number of rotatable bonds is 1. The van der Waals surface area contributed by atoms with Crippen LogP contribution in [-0.4, -0.2) is 16.4 Å². The second-order valence-corrected chi connectivity index (χ2v) is 1.33. The first-order chi connectivity index (χ1) is 3.93.